The predicted molar refractivity (Wildman–Crippen MR) is 167 cm³/mol. The molecule has 2 aromatic heterocycles. The van der Waals surface area contributed by atoms with Crippen LogP contribution in [0.2, 0.25) is 0 Å². The van der Waals surface area contributed by atoms with E-state index in [1.165, 1.54) is 12.1 Å². The Morgan fingerprint density at radius 3 is 2.60 bits per heavy atom. The normalized spacial score (nSPS) is 16.4. The van der Waals surface area contributed by atoms with Crippen LogP contribution in [0.5, 0.6) is 0 Å². The molecule has 1 fully saturated rings. The van der Waals surface area contributed by atoms with E-state index in [2.05, 4.69) is 78.5 Å². The van der Waals surface area contributed by atoms with Gasteiger partial charge in [-0.05, 0) is 54.2 Å². The van der Waals surface area contributed by atoms with Crippen molar-refractivity contribution in [3.63, 3.8) is 0 Å². The fraction of sp³-hybridized carbons (Fsp3) is 0.281. The van der Waals surface area contributed by atoms with Gasteiger partial charge in [0.05, 0.1) is 27.9 Å². The van der Waals surface area contributed by atoms with Gasteiger partial charge in [0.1, 0.15) is 19.7 Å². The van der Waals surface area contributed by atoms with Crippen LogP contribution in [-0.2, 0) is 5.44 Å². The molecule has 4 N–H and O–H groups in total. The van der Waals surface area contributed by atoms with Crippen LogP contribution in [0.15, 0.2) is 79.0 Å². The summed E-state index contributed by atoms with van der Waals surface area (Å²) in [6.07, 6.45) is 9.55. The Hall–Kier alpha value is -4.62. The van der Waals surface area contributed by atoms with E-state index in [9.17, 15) is 9.65 Å². The van der Waals surface area contributed by atoms with Gasteiger partial charge in [0.15, 0.2) is 0 Å². The molecule has 2 aromatic carbocycles. The molecule has 1 aliphatic heterocycles. The molecule has 2 aliphatic rings. The van der Waals surface area contributed by atoms with Gasteiger partial charge in [-0.1, -0.05) is 39.0 Å². The van der Waals surface area contributed by atoms with Gasteiger partial charge in [-0.25, -0.2) is 4.39 Å². The lowest BCUT2D eigenvalue weighted by atomic mass is 9.69. The molecule has 10 heteroatoms. The van der Waals surface area contributed by atoms with E-state index >= 15 is 0 Å². The first-order valence-electron chi connectivity index (χ1n) is 14.2. The number of fused-ring (bicyclic) bond motifs is 1. The van der Waals surface area contributed by atoms with E-state index < -0.39 is 5.44 Å². The first-order chi connectivity index (χ1) is 20.1. The molecule has 4 aromatic rings. The van der Waals surface area contributed by atoms with Gasteiger partial charge in [0.25, 0.3) is 0 Å². The summed E-state index contributed by atoms with van der Waals surface area (Å²) in [7, 11) is 2.08. The number of benzene rings is 2. The first kappa shape index (κ1) is 27.5. The molecule has 1 atom stereocenters. The zero-order chi connectivity index (χ0) is 29.5. The highest BCUT2D eigenvalue weighted by molar-refractivity contribution is 6.19. The molecule has 8 nitrogen and oxygen atoms in total. The summed E-state index contributed by atoms with van der Waals surface area (Å²) in [6.45, 7) is 7.13. The molecule has 42 heavy (non-hydrogen) atoms. The van der Waals surface area contributed by atoms with E-state index in [0.29, 0.717) is 18.2 Å². The molecule has 212 valence electrons. The molecule has 0 saturated heterocycles. The maximum Gasteiger partial charge on any atom is 0.148 e. The van der Waals surface area contributed by atoms with E-state index in [4.69, 9.17) is 4.98 Å². The Balaban J connectivity index is 1.53. The second kappa shape index (κ2) is 10.7. The number of rotatable bonds is 8. The maximum atomic E-state index is 14.0. The average molecular weight is 560 g/mol. The van der Waals surface area contributed by atoms with Crippen LogP contribution >= 0.6 is 0 Å². The van der Waals surface area contributed by atoms with Gasteiger partial charge in [-0.2, -0.15) is 5.26 Å². The quantitative estimate of drug-likeness (QED) is 0.224. The minimum absolute atomic E-state index is 0.00738. The van der Waals surface area contributed by atoms with Gasteiger partial charge in [-0.3, -0.25) is 15.0 Å². The van der Waals surface area contributed by atoms with Gasteiger partial charge < -0.3 is 16.1 Å². The molecule has 0 amide bonds. The summed E-state index contributed by atoms with van der Waals surface area (Å²) in [5.41, 5.74) is 12.3. The summed E-state index contributed by atoms with van der Waals surface area (Å²) in [4.78, 5) is 9.11. The Bertz CT molecular complexity index is 1690. The van der Waals surface area contributed by atoms with Gasteiger partial charge >= 0.3 is 0 Å². The molecule has 6 rings (SSSR count). The molecular weight excluding hydrogens is 526 g/mol. The fourth-order valence-electron chi connectivity index (χ4n) is 5.24. The van der Waals surface area contributed by atoms with Crippen LogP contribution in [0.1, 0.15) is 44.7 Å². The summed E-state index contributed by atoms with van der Waals surface area (Å²) in [6, 6.07) is 17.4. The monoisotopic (exact) mass is 560 g/mol. The molecular formula is C32H34BFN8. The van der Waals surface area contributed by atoms with Crippen LogP contribution < -0.4 is 21.6 Å². The van der Waals surface area contributed by atoms with E-state index in [1.807, 2.05) is 24.4 Å². The lowest BCUT2D eigenvalue weighted by Gasteiger charge is -2.34. The third kappa shape index (κ3) is 5.48. The topological polar surface area (TPSA) is 101 Å². The lowest BCUT2D eigenvalue weighted by molar-refractivity contribution is 0.260. The molecule has 0 spiro atoms. The summed E-state index contributed by atoms with van der Waals surface area (Å²) in [5, 5.41) is 20.3. The number of anilines is 2. The van der Waals surface area contributed by atoms with Gasteiger partial charge in [0.2, 0.25) is 0 Å². The van der Waals surface area contributed by atoms with E-state index in [1.54, 1.807) is 24.5 Å². The van der Waals surface area contributed by atoms with Crippen LogP contribution in [0.25, 0.3) is 22.0 Å². The van der Waals surface area contributed by atoms with Crippen LogP contribution in [0.4, 0.5) is 15.8 Å². The molecule has 1 aliphatic carbocycles. The van der Waals surface area contributed by atoms with Crippen molar-refractivity contribution in [2.24, 2.45) is 5.41 Å². The van der Waals surface area contributed by atoms with Crippen molar-refractivity contribution in [2.45, 2.75) is 45.1 Å². The summed E-state index contributed by atoms with van der Waals surface area (Å²) < 4.78 is 14.0. The Morgan fingerprint density at radius 1 is 1.14 bits per heavy atom. The number of nitrogens with one attached hydrogen (secondary N) is 4. The summed E-state index contributed by atoms with van der Waals surface area (Å²) >= 11 is 0. The number of nitrogens with zero attached hydrogens (tertiary/aromatic N) is 4. The number of halogens is 1. The first-order valence-corrected chi connectivity index (χ1v) is 14.2. The molecule has 1 unspecified atom stereocenters. The van der Waals surface area contributed by atoms with Gasteiger partial charge in [0, 0.05) is 59.6 Å². The number of pyridine rings is 2. The van der Waals surface area contributed by atoms with Crippen molar-refractivity contribution >= 4 is 30.1 Å². The van der Waals surface area contributed by atoms with Crippen molar-refractivity contribution in [2.75, 3.05) is 17.2 Å². The number of hydrogen-bond acceptors (Lipinski definition) is 8. The van der Waals surface area contributed by atoms with E-state index in [0.717, 1.165) is 57.5 Å². The Morgan fingerprint density at radius 2 is 1.93 bits per heavy atom. The zero-order valence-corrected chi connectivity index (χ0v) is 24.3. The zero-order valence-electron chi connectivity index (χ0n) is 24.3. The molecule has 3 heterocycles. The third-order valence-corrected chi connectivity index (χ3v) is 7.74. The Kier molecular flexibility index (Phi) is 6.99. The smallest absolute Gasteiger partial charge is 0.148 e. The largest absolute Gasteiger partial charge is 0.383 e. The fourth-order valence-corrected chi connectivity index (χ4v) is 5.24. The number of aromatic nitrogens is 2. The lowest BCUT2D eigenvalue weighted by Crippen LogP contribution is -2.45. The van der Waals surface area contributed by atoms with Crippen molar-refractivity contribution in [1.82, 2.24) is 25.9 Å². The van der Waals surface area contributed by atoms with Crippen molar-refractivity contribution < 1.29 is 4.39 Å². The summed E-state index contributed by atoms with van der Waals surface area (Å²) in [5.74, 6) is -0.290. The molecule has 0 radical (unpaired) electrons. The highest BCUT2D eigenvalue weighted by Crippen LogP contribution is 2.39. The van der Waals surface area contributed by atoms with Crippen molar-refractivity contribution in [1.29, 1.82) is 5.26 Å². The van der Waals surface area contributed by atoms with Crippen LogP contribution in [0, 0.1) is 22.6 Å². The SMILES string of the molecule is BC(Nc1cc(-c2cccnc2)c2ncc(C#N)c(NCC(C)(C)C)c2c1)(C1=CN(C2CC2)NN1)c1ccc(F)cc1. The van der Waals surface area contributed by atoms with Crippen LogP contribution in [-0.4, -0.2) is 35.4 Å². The van der Waals surface area contributed by atoms with Crippen molar-refractivity contribution in [3.8, 4) is 17.2 Å². The standard InChI is InChI=1S/C32H34BFN8/c1-31(2,3)19-38-29-21(15-35)17-37-30-26(20-5-4-12-36-16-20)13-24(14-27(29)30)39-32(33,22-6-8-23(34)9-7-22)28-18-42(41-40-28)25-10-11-25/h4-9,12-14,16-18,25,39-41H,10-11,19,33H2,1-3H3,(H,37,38). The minimum atomic E-state index is -0.760. The highest BCUT2D eigenvalue weighted by atomic mass is 19.1. The average Bonchev–Trinajstić information content (AvgIpc) is 3.71. The second-order valence-electron chi connectivity index (χ2n) is 12.4. The maximum absolute atomic E-state index is 14.0. The number of nitriles is 1. The molecule has 1 saturated carbocycles. The van der Waals surface area contributed by atoms with Crippen molar-refractivity contribution in [3.05, 3.63) is 96.0 Å². The number of hydrazine groups is 2. The molecule has 0 bridgehead atoms. The van der Waals surface area contributed by atoms with E-state index in [-0.39, 0.29) is 11.2 Å². The second-order valence-corrected chi connectivity index (χ2v) is 12.4. The minimum Gasteiger partial charge on any atom is -0.383 e. The van der Waals surface area contributed by atoms with Gasteiger partial charge in [-0.15, -0.1) is 5.53 Å². The van der Waals surface area contributed by atoms with Crippen LogP contribution in [0.3, 0.4) is 0 Å². The number of hydrogen-bond donors (Lipinski definition) is 4. The highest BCUT2D eigenvalue weighted by Gasteiger charge is 2.38. The Labute approximate surface area is 246 Å². The predicted octanol–water partition coefficient (Wildman–Crippen LogP) is 4.99. The third-order valence-electron chi connectivity index (χ3n) is 7.74.